The molecule has 6 rings (SSSR count). The lowest BCUT2D eigenvalue weighted by Gasteiger charge is -2.18. The Morgan fingerprint density at radius 2 is 1.24 bits per heavy atom. The Labute approximate surface area is 242 Å². The zero-order valence-electron chi connectivity index (χ0n) is 23.6. The number of H-pyrrole nitrogens is 1. The Bertz CT molecular complexity index is 1690. The third-order valence-corrected chi connectivity index (χ3v) is 7.57. The van der Waals surface area contributed by atoms with E-state index in [9.17, 15) is 0 Å². The number of aliphatic imine (C=N–C) groups is 2. The SMILES string of the molecule is CCN(CC)Cc1ccc(-c2cc(-c3ccccc3)[nH]c2/N=C2\N=C(c3ccccc3)C=C2c2ccccc2)cc1. The predicted octanol–water partition coefficient (Wildman–Crippen LogP) is 8.81. The van der Waals surface area contributed by atoms with E-state index in [0.717, 1.165) is 70.2 Å². The molecule has 0 aliphatic carbocycles. The van der Waals surface area contributed by atoms with Crippen molar-refractivity contribution in [3.63, 3.8) is 0 Å². The lowest BCUT2D eigenvalue weighted by molar-refractivity contribution is 0.296. The smallest absolute Gasteiger partial charge is 0.162 e. The van der Waals surface area contributed by atoms with E-state index in [1.807, 2.05) is 30.3 Å². The van der Waals surface area contributed by atoms with E-state index in [1.165, 1.54) is 5.56 Å². The molecule has 0 saturated heterocycles. The molecular weight excluding hydrogens is 500 g/mol. The second kappa shape index (κ2) is 12.2. The minimum Gasteiger partial charge on any atom is -0.339 e. The summed E-state index contributed by atoms with van der Waals surface area (Å²) in [5.41, 5.74) is 9.75. The maximum absolute atomic E-state index is 5.21. The van der Waals surface area contributed by atoms with Gasteiger partial charge in [-0.25, -0.2) is 9.98 Å². The molecule has 0 spiro atoms. The maximum Gasteiger partial charge on any atom is 0.162 e. The van der Waals surface area contributed by atoms with Crippen molar-refractivity contribution < 1.29 is 0 Å². The zero-order valence-corrected chi connectivity index (χ0v) is 23.6. The number of aromatic amines is 1. The molecule has 4 nitrogen and oxygen atoms in total. The largest absolute Gasteiger partial charge is 0.339 e. The van der Waals surface area contributed by atoms with Crippen LogP contribution in [0.1, 0.15) is 30.5 Å². The molecule has 1 N–H and O–H groups in total. The van der Waals surface area contributed by atoms with E-state index in [0.29, 0.717) is 5.84 Å². The highest BCUT2D eigenvalue weighted by Crippen LogP contribution is 2.37. The van der Waals surface area contributed by atoms with Crippen molar-refractivity contribution >= 4 is 22.9 Å². The van der Waals surface area contributed by atoms with Gasteiger partial charge in [0.1, 0.15) is 5.82 Å². The van der Waals surface area contributed by atoms with Gasteiger partial charge in [0, 0.05) is 28.9 Å². The number of rotatable bonds is 9. The van der Waals surface area contributed by atoms with Gasteiger partial charge >= 0.3 is 0 Å². The van der Waals surface area contributed by atoms with Crippen LogP contribution in [0.3, 0.4) is 0 Å². The first-order valence-corrected chi connectivity index (χ1v) is 14.3. The minimum atomic E-state index is 0.705. The summed E-state index contributed by atoms with van der Waals surface area (Å²) in [6.45, 7) is 7.46. The van der Waals surface area contributed by atoms with Gasteiger partial charge in [-0.1, -0.05) is 129 Å². The van der Waals surface area contributed by atoms with Gasteiger partial charge in [-0.15, -0.1) is 0 Å². The van der Waals surface area contributed by atoms with Crippen LogP contribution >= 0.6 is 0 Å². The second-order valence-electron chi connectivity index (χ2n) is 10.2. The lowest BCUT2D eigenvalue weighted by atomic mass is 10.0. The zero-order chi connectivity index (χ0) is 28.0. The fourth-order valence-electron chi connectivity index (χ4n) is 5.21. The highest BCUT2D eigenvalue weighted by atomic mass is 15.1. The van der Waals surface area contributed by atoms with Crippen molar-refractivity contribution in [2.45, 2.75) is 20.4 Å². The molecule has 5 aromatic rings. The summed E-state index contributed by atoms with van der Waals surface area (Å²) in [5, 5.41) is 0. The summed E-state index contributed by atoms with van der Waals surface area (Å²) >= 11 is 0. The fourth-order valence-corrected chi connectivity index (χ4v) is 5.21. The second-order valence-corrected chi connectivity index (χ2v) is 10.2. The van der Waals surface area contributed by atoms with E-state index in [4.69, 9.17) is 9.98 Å². The van der Waals surface area contributed by atoms with Gasteiger partial charge < -0.3 is 4.98 Å². The van der Waals surface area contributed by atoms with Gasteiger partial charge in [0.25, 0.3) is 0 Å². The van der Waals surface area contributed by atoms with Crippen LogP contribution in [-0.4, -0.2) is 34.5 Å². The Hall–Kier alpha value is -4.80. The van der Waals surface area contributed by atoms with Crippen LogP contribution < -0.4 is 0 Å². The Kier molecular flexibility index (Phi) is 7.83. The van der Waals surface area contributed by atoms with E-state index < -0.39 is 0 Å². The highest BCUT2D eigenvalue weighted by molar-refractivity contribution is 6.38. The standard InChI is InChI=1S/C37H34N4/c1-3-41(4-2)26-27-20-22-29(23-21-27)33-25-35(31-18-12-7-13-19-31)39-37(33)40-36-32(28-14-8-5-9-15-28)24-34(38-36)30-16-10-6-11-17-30/h5-25,39H,3-4,26H2,1-2H3/b40-36-. The number of nitrogens with zero attached hydrogens (tertiary/aromatic N) is 3. The molecule has 0 amide bonds. The molecule has 1 aliphatic rings. The molecule has 0 atom stereocenters. The molecule has 0 saturated carbocycles. The Morgan fingerprint density at radius 1 is 0.659 bits per heavy atom. The van der Waals surface area contributed by atoms with E-state index >= 15 is 0 Å². The van der Waals surface area contributed by atoms with Gasteiger partial charge in [0.2, 0.25) is 0 Å². The van der Waals surface area contributed by atoms with Crippen molar-refractivity contribution in [2.75, 3.05) is 13.1 Å². The molecule has 202 valence electrons. The molecular formula is C37H34N4. The monoisotopic (exact) mass is 534 g/mol. The van der Waals surface area contributed by atoms with Gasteiger partial charge in [-0.05, 0) is 47.5 Å². The van der Waals surface area contributed by atoms with Crippen LogP contribution in [0.2, 0.25) is 0 Å². The first kappa shape index (κ1) is 26.4. The number of hydrogen-bond donors (Lipinski definition) is 1. The predicted molar refractivity (Wildman–Crippen MR) is 173 cm³/mol. The molecule has 1 aromatic heterocycles. The molecule has 0 radical (unpaired) electrons. The third-order valence-electron chi connectivity index (χ3n) is 7.57. The Balaban J connectivity index is 1.45. The molecule has 0 unspecified atom stereocenters. The summed E-state index contributed by atoms with van der Waals surface area (Å²) in [5.74, 6) is 1.51. The first-order valence-electron chi connectivity index (χ1n) is 14.3. The topological polar surface area (TPSA) is 43.8 Å². The third kappa shape index (κ3) is 5.88. The average Bonchev–Trinajstić information content (AvgIpc) is 3.66. The molecule has 1 aliphatic heterocycles. The van der Waals surface area contributed by atoms with Crippen molar-refractivity contribution in [1.29, 1.82) is 0 Å². The van der Waals surface area contributed by atoms with Crippen molar-refractivity contribution in [2.24, 2.45) is 9.98 Å². The van der Waals surface area contributed by atoms with Crippen LogP contribution in [0.15, 0.2) is 137 Å². The highest BCUT2D eigenvalue weighted by Gasteiger charge is 2.21. The molecule has 0 fully saturated rings. The molecule has 4 heteroatoms. The van der Waals surface area contributed by atoms with Gasteiger partial charge in [-0.2, -0.15) is 0 Å². The first-order chi connectivity index (χ1) is 20.2. The molecule has 2 heterocycles. The summed E-state index contributed by atoms with van der Waals surface area (Å²) in [6.07, 6.45) is 2.15. The normalized spacial score (nSPS) is 14.0. The van der Waals surface area contributed by atoms with Crippen molar-refractivity contribution in [3.05, 3.63) is 144 Å². The fraction of sp³-hybridized carbons (Fsp3) is 0.135. The summed E-state index contributed by atoms with van der Waals surface area (Å²) in [6, 6.07) is 42.2. The number of benzene rings is 4. The van der Waals surface area contributed by atoms with E-state index in [2.05, 4.69) is 121 Å². The molecule has 41 heavy (non-hydrogen) atoms. The van der Waals surface area contributed by atoms with Crippen LogP contribution in [0.25, 0.3) is 28.0 Å². The van der Waals surface area contributed by atoms with E-state index in [1.54, 1.807) is 0 Å². The minimum absolute atomic E-state index is 0.705. The van der Waals surface area contributed by atoms with Gasteiger partial charge in [0.15, 0.2) is 5.84 Å². The van der Waals surface area contributed by atoms with Crippen LogP contribution in [0.5, 0.6) is 0 Å². The number of nitrogens with one attached hydrogen (secondary N) is 1. The summed E-state index contributed by atoms with van der Waals surface area (Å²) in [4.78, 5) is 16.3. The number of hydrogen-bond acceptors (Lipinski definition) is 2. The lowest BCUT2D eigenvalue weighted by Crippen LogP contribution is -2.21. The summed E-state index contributed by atoms with van der Waals surface area (Å²) in [7, 11) is 0. The van der Waals surface area contributed by atoms with Gasteiger partial charge in [0.05, 0.1) is 5.71 Å². The number of amidine groups is 1. The molecule has 0 bridgehead atoms. The quantitative estimate of drug-likeness (QED) is 0.202. The van der Waals surface area contributed by atoms with Crippen molar-refractivity contribution in [1.82, 2.24) is 9.88 Å². The summed E-state index contributed by atoms with van der Waals surface area (Å²) < 4.78 is 0. The number of aromatic nitrogens is 1. The van der Waals surface area contributed by atoms with Crippen LogP contribution in [0, 0.1) is 0 Å². The van der Waals surface area contributed by atoms with Gasteiger partial charge in [-0.3, -0.25) is 4.90 Å². The number of allylic oxidation sites excluding steroid dienone is 1. The molecule has 4 aromatic carbocycles. The van der Waals surface area contributed by atoms with E-state index in [-0.39, 0.29) is 0 Å². The van der Waals surface area contributed by atoms with Crippen molar-refractivity contribution in [3.8, 4) is 22.4 Å². The van der Waals surface area contributed by atoms with Crippen LogP contribution in [-0.2, 0) is 6.54 Å². The van der Waals surface area contributed by atoms with Crippen LogP contribution in [0.4, 0.5) is 5.82 Å². The Morgan fingerprint density at radius 3 is 1.85 bits per heavy atom. The maximum atomic E-state index is 5.21. The average molecular weight is 535 g/mol.